The van der Waals surface area contributed by atoms with E-state index in [-0.39, 0.29) is 12.3 Å². The van der Waals surface area contributed by atoms with Crippen LogP contribution in [0.1, 0.15) is 5.56 Å². The number of rotatable bonds is 4. The number of hydrogen-bond acceptors (Lipinski definition) is 4. The highest BCUT2D eigenvalue weighted by atomic mass is 32.2. The van der Waals surface area contributed by atoms with E-state index in [1.165, 1.54) is 12.1 Å². The van der Waals surface area contributed by atoms with Crippen LogP contribution in [0.5, 0.6) is 5.75 Å². The molecule has 0 saturated heterocycles. The summed E-state index contributed by atoms with van der Waals surface area (Å²) in [6.07, 6.45) is 1.01. The topological polar surface area (TPSA) is 83.5 Å². The smallest absolute Gasteiger partial charge is 0.235 e. The molecule has 0 saturated carbocycles. The van der Waals surface area contributed by atoms with Gasteiger partial charge in [0.2, 0.25) is 5.91 Å². The first-order chi connectivity index (χ1) is 7.37. The highest BCUT2D eigenvalue weighted by Gasteiger charge is 2.09. The lowest BCUT2D eigenvalue weighted by molar-refractivity contribution is -0.118. The maximum atomic E-state index is 11.2. The average molecular weight is 243 g/mol. The van der Waals surface area contributed by atoms with Crippen molar-refractivity contribution in [3.05, 3.63) is 29.8 Å². The summed E-state index contributed by atoms with van der Waals surface area (Å²) in [5, 5.41) is 11.5. The second-order valence-electron chi connectivity index (χ2n) is 3.51. The Morgan fingerprint density at radius 1 is 1.31 bits per heavy atom. The molecule has 6 heteroatoms. The number of sulfone groups is 1. The zero-order valence-corrected chi connectivity index (χ0v) is 9.62. The van der Waals surface area contributed by atoms with E-state index in [9.17, 15) is 13.2 Å². The fraction of sp³-hybridized carbons (Fsp3) is 0.300. The molecule has 1 aromatic carbocycles. The number of carbonyl (C=O) groups excluding carboxylic acids is 1. The van der Waals surface area contributed by atoms with Gasteiger partial charge in [0.1, 0.15) is 11.5 Å². The Morgan fingerprint density at radius 2 is 1.88 bits per heavy atom. The summed E-state index contributed by atoms with van der Waals surface area (Å²) in [4.78, 5) is 11.2. The molecule has 0 aliphatic carbocycles. The van der Waals surface area contributed by atoms with Gasteiger partial charge in [0.15, 0.2) is 9.84 Å². The molecule has 0 aliphatic heterocycles. The van der Waals surface area contributed by atoms with Gasteiger partial charge in [-0.05, 0) is 17.7 Å². The number of phenolic OH excluding ortho intramolecular Hbond substituents is 1. The molecule has 16 heavy (non-hydrogen) atoms. The molecule has 88 valence electrons. The summed E-state index contributed by atoms with van der Waals surface area (Å²) in [5.74, 6) is -0.896. The van der Waals surface area contributed by atoms with Gasteiger partial charge in [0, 0.05) is 12.8 Å². The Hall–Kier alpha value is -1.56. The van der Waals surface area contributed by atoms with Crippen LogP contribution in [0.3, 0.4) is 0 Å². The molecule has 0 heterocycles. The second-order valence-corrected chi connectivity index (χ2v) is 5.65. The SMILES string of the molecule is CS(=O)(=O)CC(=O)NCc1ccc(O)cc1. The van der Waals surface area contributed by atoms with Crippen molar-refractivity contribution >= 4 is 15.7 Å². The van der Waals surface area contributed by atoms with Gasteiger partial charge in [-0.25, -0.2) is 8.42 Å². The summed E-state index contributed by atoms with van der Waals surface area (Å²) >= 11 is 0. The highest BCUT2D eigenvalue weighted by molar-refractivity contribution is 7.91. The molecular weight excluding hydrogens is 230 g/mol. The van der Waals surface area contributed by atoms with Crippen LogP contribution in [-0.2, 0) is 21.2 Å². The van der Waals surface area contributed by atoms with Crippen LogP contribution < -0.4 is 5.32 Å². The zero-order valence-electron chi connectivity index (χ0n) is 8.80. The van der Waals surface area contributed by atoms with Crippen LogP contribution in [0.15, 0.2) is 24.3 Å². The van der Waals surface area contributed by atoms with Crippen molar-refractivity contribution in [2.45, 2.75) is 6.54 Å². The molecule has 0 aliphatic rings. The van der Waals surface area contributed by atoms with Crippen molar-refractivity contribution < 1.29 is 18.3 Å². The largest absolute Gasteiger partial charge is 0.508 e. The van der Waals surface area contributed by atoms with Crippen molar-refractivity contribution in [3.8, 4) is 5.75 Å². The number of nitrogens with one attached hydrogen (secondary N) is 1. The molecule has 0 aromatic heterocycles. The summed E-state index contributed by atoms with van der Waals surface area (Å²) in [6, 6.07) is 6.29. The highest BCUT2D eigenvalue weighted by Crippen LogP contribution is 2.08. The number of phenols is 1. The van der Waals surface area contributed by atoms with Crippen LogP contribution in [0, 0.1) is 0 Å². The molecular formula is C10H13NO4S. The van der Waals surface area contributed by atoms with Crippen molar-refractivity contribution in [1.82, 2.24) is 5.32 Å². The van der Waals surface area contributed by atoms with E-state index >= 15 is 0 Å². The molecule has 0 fully saturated rings. The minimum absolute atomic E-state index is 0.145. The minimum atomic E-state index is -3.29. The van der Waals surface area contributed by atoms with E-state index in [0.29, 0.717) is 0 Å². The first-order valence-electron chi connectivity index (χ1n) is 4.59. The normalized spacial score (nSPS) is 11.1. The molecule has 0 bridgehead atoms. The predicted octanol–water partition coefficient (Wildman–Crippen LogP) is 0.0530. The molecule has 0 unspecified atom stereocenters. The Balaban J connectivity index is 2.46. The van der Waals surface area contributed by atoms with Gasteiger partial charge in [-0.15, -0.1) is 0 Å². The van der Waals surface area contributed by atoms with Crippen molar-refractivity contribution in [2.75, 3.05) is 12.0 Å². The quantitative estimate of drug-likeness (QED) is 0.783. The van der Waals surface area contributed by atoms with Gasteiger partial charge < -0.3 is 10.4 Å². The predicted molar refractivity (Wildman–Crippen MR) is 59.7 cm³/mol. The Bertz CT molecular complexity index is 464. The summed E-state index contributed by atoms with van der Waals surface area (Å²) < 4.78 is 21.6. The van der Waals surface area contributed by atoms with Gasteiger partial charge in [0.25, 0.3) is 0 Å². The molecule has 2 N–H and O–H groups in total. The number of benzene rings is 1. The van der Waals surface area contributed by atoms with E-state index in [1.807, 2.05) is 0 Å². The lowest BCUT2D eigenvalue weighted by Gasteiger charge is -2.04. The third-order valence-electron chi connectivity index (χ3n) is 1.82. The Labute approximate surface area is 94.0 Å². The maximum absolute atomic E-state index is 11.2. The molecule has 0 atom stereocenters. The lowest BCUT2D eigenvalue weighted by atomic mass is 10.2. The third kappa shape index (κ3) is 4.79. The molecule has 1 aromatic rings. The van der Waals surface area contributed by atoms with E-state index in [4.69, 9.17) is 5.11 Å². The fourth-order valence-corrected chi connectivity index (χ4v) is 1.68. The van der Waals surface area contributed by atoms with E-state index in [1.54, 1.807) is 12.1 Å². The number of carbonyl (C=O) groups is 1. The Kier molecular flexibility index (Phi) is 3.89. The van der Waals surface area contributed by atoms with Gasteiger partial charge in [-0.3, -0.25) is 4.79 Å². The second kappa shape index (κ2) is 4.98. The Morgan fingerprint density at radius 3 is 2.38 bits per heavy atom. The van der Waals surface area contributed by atoms with Crippen LogP contribution >= 0.6 is 0 Å². The van der Waals surface area contributed by atoms with Gasteiger partial charge in [-0.1, -0.05) is 12.1 Å². The average Bonchev–Trinajstić information content (AvgIpc) is 2.14. The van der Waals surface area contributed by atoms with Crippen LogP contribution in [0.4, 0.5) is 0 Å². The van der Waals surface area contributed by atoms with Crippen LogP contribution in [-0.4, -0.2) is 31.4 Å². The molecule has 5 nitrogen and oxygen atoms in total. The number of amides is 1. The number of aromatic hydroxyl groups is 1. The first-order valence-corrected chi connectivity index (χ1v) is 6.65. The van der Waals surface area contributed by atoms with Crippen molar-refractivity contribution in [1.29, 1.82) is 0 Å². The molecule has 1 rings (SSSR count). The molecule has 0 radical (unpaired) electrons. The van der Waals surface area contributed by atoms with Gasteiger partial charge in [-0.2, -0.15) is 0 Å². The zero-order chi connectivity index (χ0) is 12.2. The minimum Gasteiger partial charge on any atom is -0.508 e. The number of hydrogen-bond donors (Lipinski definition) is 2. The molecule has 1 amide bonds. The van der Waals surface area contributed by atoms with E-state index in [2.05, 4.69) is 5.32 Å². The van der Waals surface area contributed by atoms with Crippen LogP contribution in [0.2, 0.25) is 0 Å². The van der Waals surface area contributed by atoms with E-state index < -0.39 is 21.5 Å². The van der Waals surface area contributed by atoms with Gasteiger partial charge >= 0.3 is 0 Å². The summed E-state index contributed by atoms with van der Waals surface area (Å²) in [7, 11) is -3.29. The first kappa shape index (κ1) is 12.5. The monoisotopic (exact) mass is 243 g/mol. The molecule has 0 spiro atoms. The summed E-state index contributed by atoms with van der Waals surface area (Å²) in [6.45, 7) is 0.245. The summed E-state index contributed by atoms with van der Waals surface area (Å²) in [5.41, 5.74) is 0.791. The third-order valence-corrected chi connectivity index (χ3v) is 2.61. The fourth-order valence-electron chi connectivity index (χ4n) is 1.10. The van der Waals surface area contributed by atoms with Crippen molar-refractivity contribution in [3.63, 3.8) is 0 Å². The lowest BCUT2D eigenvalue weighted by Crippen LogP contribution is -2.29. The maximum Gasteiger partial charge on any atom is 0.235 e. The van der Waals surface area contributed by atoms with Crippen LogP contribution in [0.25, 0.3) is 0 Å². The van der Waals surface area contributed by atoms with Gasteiger partial charge in [0.05, 0.1) is 0 Å². The van der Waals surface area contributed by atoms with E-state index in [0.717, 1.165) is 11.8 Å². The van der Waals surface area contributed by atoms with Crippen molar-refractivity contribution in [2.24, 2.45) is 0 Å². The standard InChI is InChI=1S/C10H13NO4S/c1-16(14,15)7-10(13)11-6-8-2-4-9(12)5-3-8/h2-5,12H,6-7H2,1H3,(H,11,13).